The van der Waals surface area contributed by atoms with Crippen LogP contribution in [0.4, 0.5) is 0 Å². The zero-order chi connectivity index (χ0) is 15.5. The first-order valence-electron chi connectivity index (χ1n) is 7.17. The van der Waals surface area contributed by atoms with Gasteiger partial charge in [0.25, 0.3) is 5.91 Å². The average Bonchev–Trinajstić information content (AvgIpc) is 2.92. The van der Waals surface area contributed by atoms with Gasteiger partial charge >= 0.3 is 5.97 Å². The van der Waals surface area contributed by atoms with Gasteiger partial charge in [0.05, 0.1) is 11.8 Å². The topological polar surface area (TPSA) is 73.2 Å². The Morgan fingerprint density at radius 2 is 2.27 bits per heavy atom. The first kappa shape index (κ1) is 14.3. The smallest absolute Gasteiger partial charge is 0.339 e. The summed E-state index contributed by atoms with van der Waals surface area (Å²) >= 11 is 0. The maximum absolute atomic E-state index is 12.1. The summed E-state index contributed by atoms with van der Waals surface area (Å²) in [5, 5.41) is 6.88. The second kappa shape index (κ2) is 6.01. The van der Waals surface area contributed by atoms with E-state index in [0.717, 1.165) is 11.1 Å². The highest BCUT2D eigenvalue weighted by Crippen LogP contribution is 2.20. The van der Waals surface area contributed by atoms with E-state index in [1.807, 2.05) is 25.4 Å². The van der Waals surface area contributed by atoms with Crippen LogP contribution in [-0.4, -0.2) is 34.3 Å². The van der Waals surface area contributed by atoms with Gasteiger partial charge < -0.3 is 10.1 Å². The number of esters is 1. The standard InChI is InChI=1S/C16H17N3O3/c1-19-10-11(9-18-19)6-7-17-15(20)14-8-12-4-2-3-5-13(12)16(21)22-14/h2-5,9-10,14H,6-8H2,1H3,(H,17,20). The van der Waals surface area contributed by atoms with E-state index in [9.17, 15) is 9.59 Å². The second-order valence-corrected chi connectivity index (χ2v) is 5.32. The summed E-state index contributed by atoms with van der Waals surface area (Å²) in [6, 6.07) is 7.21. The molecule has 114 valence electrons. The van der Waals surface area contributed by atoms with Crippen LogP contribution < -0.4 is 5.32 Å². The van der Waals surface area contributed by atoms with Gasteiger partial charge in [-0.15, -0.1) is 0 Å². The molecule has 2 aromatic rings. The van der Waals surface area contributed by atoms with E-state index in [0.29, 0.717) is 24.9 Å². The number of aryl methyl sites for hydroxylation is 1. The van der Waals surface area contributed by atoms with Gasteiger partial charge in [-0.2, -0.15) is 5.10 Å². The monoisotopic (exact) mass is 299 g/mol. The molecule has 2 heterocycles. The Morgan fingerprint density at radius 1 is 1.45 bits per heavy atom. The van der Waals surface area contributed by atoms with Crippen molar-refractivity contribution in [3.8, 4) is 0 Å². The summed E-state index contributed by atoms with van der Waals surface area (Å²) in [5.74, 6) is -0.694. The molecule has 1 aliphatic heterocycles. The van der Waals surface area contributed by atoms with Gasteiger partial charge in [0.1, 0.15) is 0 Å². The minimum Gasteiger partial charge on any atom is -0.448 e. The summed E-state index contributed by atoms with van der Waals surface area (Å²) in [7, 11) is 1.85. The number of amides is 1. The Kier molecular flexibility index (Phi) is 3.91. The summed E-state index contributed by atoms with van der Waals surface area (Å²) in [6.45, 7) is 0.486. The van der Waals surface area contributed by atoms with Gasteiger partial charge in [-0.05, 0) is 23.6 Å². The van der Waals surface area contributed by atoms with Gasteiger partial charge in [-0.25, -0.2) is 4.79 Å². The molecule has 1 atom stereocenters. The fourth-order valence-electron chi connectivity index (χ4n) is 2.52. The number of hydrogen-bond acceptors (Lipinski definition) is 4. The van der Waals surface area contributed by atoms with Crippen molar-refractivity contribution in [1.29, 1.82) is 0 Å². The highest BCUT2D eigenvalue weighted by Gasteiger charge is 2.30. The number of hydrogen-bond donors (Lipinski definition) is 1. The maximum Gasteiger partial charge on any atom is 0.339 e. The van der Waals surface area contributed by atoms with Crippen molar-refractivity contribution in [1.82, 2.24) is 15.1 Å². The zero-order valence-electron chi connectivity index (χ0n) is 12.3. The van der Waals surface area contributed by atoms with E-state index in [4.69, 9.17) is 4.74 Å². The summed E-state index contributed by atoms with van der Waals surface area (Å²) in [4.78, 5) is 24.0. The van der Waals surface area contributed by atoms with Gasteiger partial charge in [0.15, 0.2) is 6.10 Å². The van der Waals surface area contributed by atoms with E-state index in [-0.39, 0.29) is 5.91 Å². The molecule has 0 radical (unpaired) electrons. The van der Waals surface area contributed by atoms with Crippen molar-refractivity contribution in [2.24, 2.45) is 7.05 Å². The van der Waals surface area contributed by atoms with Crippen LogP contribution in [0.1, 0.15) is 21.5 Å². The number of carbonyl (C=O) groups is 2. The van der Waals surface area contributed by atoms with Crippen molar-refractivity contribution in [2.45, 2.75) is 18.9 Å². The highest BCUT2D eigenvalue weighted by atomic mass is 16.5. The van der Waals surface area contributed by atoms with Crippen LogP contribution in [-0.2, 0) is 29.4 Å². The molecule has 6 nitrogen and oxygen atoms in total. The number of aromatic nitrogens is 2. The Labute approximate surface area is 128 Å². The SMILES string of the molecule is Cn1cc(CCNC(=O)C2Cc3ccccc3C(=O)O2)cn1. The normalized spacial score (nSPS) is 16.8. The van der Waals surface area contributed by atoms with Gasteiger partial charge in [-0.1, -0.05) is 18.2 Å². The van der Waals surface area contributed by atoms with Crippen LogP contribution in [0.5, 0.6) is 0 Å². The lowest BCUT2D eigenvalue weighted by atomic mass is 9.98. The first-order chi connectivity index (χ1) is 10.6. The van der Waals surface area contributed by atoms with E-state index >= 15 is 0 Å². The van der Waals surface area contributed by atoms with Crippen LogP contribution in [0, 0.1) is 0 Å². The van der Waals surface area contributed by atoms with Crippen LogP contribution in [0.15, 0.2) is 36.7 Å². The Hall–Kier alpha value is -2.63. The third-order valence-corrected chi connectivity index (χ3v) is 3.66. The first-order valence-corrected chi connectivity index (χ1v) is 7.17. The highest BCUT2D eigenvalue weighted by molar-refractivity contribution is 5.95. The predicted octanol–water partition coefficient (Wildman–Crippen LogP) is 0.860. The van der Waals surface area contributed by atoms with Gasteiger partial charge in [0.2, 0.25) is 0 Å². The lowest BCUT2D eigenvalue weighted by molar-refractivity contribution is -0.130. The quantitative estimate of drug-likeness (QED) is 0.850. The molecule has 1 aromatic carbocycles. The minimum atomic E-state index is -0.753. The van der Waals surface area contributed by atoms with E-state index in [2.05, 4.69) is 10.4 Å². The molecule has 3 rings (SSSR count). The number of benzene rings is 1. The molecule has 22 heavy (non-hydrogen) atoms. The van der Waals surface area contributed by atoms with E-state index in [1.165, 1.54) is 0 Å². The number of nitrogens with zero attached hydrogens (tertiary/aromatic N) is 2. The van der Waals surface area contributed by atoms with Crippen molar-refractivity contribution < 1.29 is 14.3 Å². The molecular formula is C16H17N3O3. The van der Waals surface area contributed by atoms with Gasteiger partial charge in [-0.3, -0.25) is 9.48 Å². The molecule has 0 saturated carbocycles. The molecule has 0 bridgehead atoms. The number of ether oxygens (including phenoxy) is 1. The largest absolute Gasteiger partial charge is 0.448 e. The Balaban J connectivity index is 1.56. The van der Waals surface area contributed by atoms with Crippen LogP contribution in [0.2, 0.25) is 0 Å². The van der Waals surface area contributed by atoms with Crippen LogP contribution >= 0.6 is 0 Å². The zero-order valence-corrected chi connectivity index (χ0v) is 12.3. The van der Waals surface area contributed by atoms with E-state index in [1.54, 1.807) is 23.0 Å². The molecule has 1 aromatic heterocycles. The summed E-state index contributed by atoms with van der Waals surface area (Å²) in [5.41, 5.74) is 2.45. The number of nitrogens with one attached hydrogen (secondary N) is 1. The fraction of sp³-hybridized carbons (Fsp3) is 0.312. The van der Waals surface area contributed by atoms with Crippen molar-refractivity contribution in [3.63, 3.8) is 0 Å². The van der Waals surface area contributed by atoms with Crippen molar-refractivity contribution in [2.75, 3.05) is 6.54 Å². The van der Waals surface area contributed by atoms with Crippen LogP contribution in [0.3, 0.4) is 0 Å². The fourth-order valence-corrected chi connectivity index (χ4v) is 2.52. The molecule has 0 saturated heterocycles. The second-order valence-electron chi connectivity index (χ2n) is 5.32. The number of carbonyl (C=O) groups excluding carboxylic acids is 2. The molecule has 1 amide bonds. The van der Waals surface area contributed by atoms with Crippen LogP contribution in [0.25, 0.3) is 0 Å². The number of rotatable bonds is 4. The molecule has 1 N–H and O–H groups in total. The lowest BCUT2D eigenvalue weighted by Gasteiger charge is -2.23. The molecule has 0 aliphatic carbocycles. The third kappa shape index (κ3) is 3.00. The minimum absolute atomic E-state index is 0.258. The lowest BCUT2D eigenvalue weighted by Crippen LogP contribution is -2.42. The van der Waals surface area contributed by atoms with Gasteiger partial charge in [0, 0.05) is 26.2 Å². The summed E-state index contributed by atoms with van der Waals surface area (Å²) < 4.78 is 6.93. The molecular weight excluding hydrogens is 282 g/mol. The van der Waals surface area contributed by atoms with Crippen molar-refractivity contribution in [3.05, 3.63) is 53.3 Å². The maximum atomic E-state index is 12.1. The van der Waals surface area contributed by atoms with E-state index < -0.39 is 12.1 Å². The predicted molar refractivity (Wildman–Crippen MR) is 79.3 cm³/mol. The molecule has 0 fully saturated rings. The molecule has 1 unspecified atom stereocenters. The Morgan fingerprint density at radius 3 is 3.05 bits per heavy atom. The van der Waals surface area contributed by atoms with Crippen molar-refractivity contribution >= 4 is 11.9 Å². The number of cyclic esters (lactones) is 1. The third-order valence-electron chi connectivity index (χ3n) is 3.66. The molecule has 0 spiro atoms. The average molecular weight is 299 g/mol. The number of fused-ring (bicyclic) bond motifs is 1. The summed E-state index contributed by atoms with van der Waals surface area (Å²) in [6.07, 6.45) is 4.03. The Bertz CT molecular complexity index is 708. The molecule has 1 aliphatic rings. The molecule has 6 heteroatoms.